The van der Waals surface area contributed by atoms with E-state index in [0.717, 1.165) is 4.31 Å². The number of benzene rings is 2. The first-order valence-electron chi connectivity index (χ1n) is 11.1. The van der Waals surface area contributed by atoms with Gasteiger partial charge in [-0.3, -0.25) is 18.7 Å². The van der Waals surface area contributed by atoms with Crippen LogP contribution in [0.25, 0.3) is 4.91 Å². The van der Waals surface area contributed by atoms with E-state index in [2.05, 4.69) is 5.32 Å². The molecule has 0 aliphatic carbocycles. The second-order valence-corrected chi connectivity index (χ2v) is 10.9. The average Bonchev–Trinajstić information content (AvgIpc) is 2.98. The zero-order valence-corrected chi connectivity index (χ0v) is 20.6. The van der Waals surface area contributed by atoms with Gasteiger partial charge in [-0.25, -0.2) is 4.31 Å². The second kappa shape index (κ2) is 10.1. The Morgan fingerprint density at radius 2 is 1.71 bits per heavy atom. The summed E-state index contributed by atoms with van der Waals surface area (Å²) < 4.78 is 29.0. The molecule has 3 rings (SSSR count). The van der Waals surface area contributed by atoms with Gasteiger partial charge < -0.3 is 15.2 Å². The Kier molecular flexibility index (Phi) is 7.60. The lowest BCUT2D eigenvalue weighted by Gasteiger charge is -2.45. The lowest BCUT2D eigenvalue weighted by molar-refractivity contribution is -0.138. The Bertz CT molecular complexity index is 1060. The monoisotopic (exact) mass is 488 g/mol. The van der Waals surface area contributed by atoms with Gasteiger partial charge in [0.15, 0.2) is 0 Å². The molecule has 1 heterocycles. The molecule has 34 heavy (non-hydrogen) atoms. The molecule has 1 atom stereocenters. The highest BCUT2D eigenvalue weighted by molar-refractivity contribution is 8.31. The lowest BCUT2D eigenvalue weighted by Crippen LogP contribution is -2.45. The second-order valence-electron chi connectivity index (χ2n) is 9.12. The van der Waals surface area contributed by atoms with E-state index >= 15 is 0 Å². The zero-order chi connectivity index (χ0) is 25.1. The van der Waals surface area contributed by atoms with Crippen molar-refractivity contribution in [3.63, 3.8) is 0 Å². The van der Waals surface area contributed by atoms with Crippen molar-refractivity contribution in [3.05, 3.63) is 71.4 Å². The van der Waals surface area contributed by atoms with Crippen LogP contribution in [0.4, 0.5) is 0 Å². The van der Waals surface area contributed by atoms with Gasteiger partial charge in [0.25, 0.3) is 5.91 Å². The van der Waals surface area contributed by atoms with Crippen LogP contribution < -0.4 is 10.1 Å². The summed E-state index contributed by atoms with van der Waals surface area (Å²) in [7, 11) is -3.51. The van der Waals surface area contributed by atoms with Gasteiger partial charge >= 0.3 is 5.97 Å². The molecule has 1 aliphatic heterocycles. The Labute approximate surface area is 201 Å². The number of amides is 1. The molecule has 0 aromatic heterocycles. The van der Waals surface area contributed by atoms with Crippen molar-refractivity contribution in [1.29, 1.82) is 0 Å². The van der Waals surface area contributed by atoms with E-state index in [1.165, 1.54) is 0 Å². The topological polar surface area (TPSA) is 119 Å². The average molecular weight is 489 g/mol. The largest absolute Gasteiger partial charge is 0.494 e. The van der Waals surface area contributed by atoms with E-state index < -0.39 is 34.1 Å². The zero-order valence-electron chi connectivity index (χ0n) is 19.8. The lowest BCUT2D eigenvalue weighted by atomic mass is 10.0. The minimum absolute atomic E-state index is 0.188. The van der Waals surface area contributed by atoms with Gasteiger partial charge in [0.1, 0.15) is 16.4 Å². The van der Waals surface area contributed by atoms with Gasteiger partial charge in [-0.1, -0.05) is 53.2 Å². The first-order valence-corrected chi connectivity index (χ1v) is 12.6. The molecular formula is C25H32N2O6S. The van der Waals surface area contributed by atoms with Crippen LogP contribution in [0.15, 0.2) is 60.3 Å². The summed E-state index contributed by atoms with van der Waals surface area (Å²) in [6.45, 7) is 7.67. The van der Waals surface area contributed by atoms with Gasteiger partial charge in [0.2, 0.25) is 0 Å². The summed E-state index contributed by atoms with van der Waals surface area (Å²) in [6, 6.07) is 15.8. The fourth-order valence-corrected chi connectivity index (χ4v) is 5.90. The van der Waals surface area contributed by atoms with E-state index in [1.54, 1.807) is 76.2 Å². The Hall–Kier alpha value is -3.01. The number of carboxylic acids is 1. The van der Waals surface area contributed by atoms with Gasteiger partial charge in [0.05, 0.1) is 18.1 Å². The fourth-order valence-electron chi connectivity index (χ4n) is 3.75. The number of nitrogens with one attached hydrogen (secondary N) is 1. The van der Waals surface area contributed by atoms with Crippen molar-refractivity contribution in [3.8, 4) is 5.75 Å². The number of carbonyl (C=O) groups excluding carboxylic acids is 1. The first kappa shape index (κ1) is 25.6. The molecule has 0 fully saturated rings. The van der Waals surface area contributed by atoms with E-state index in [1.807, 2.05) is 6.07 Å². The quantitative estimate of drug-likeness (QED) is 0.370. The molecule has 0 bridgehead atoms. The van der Waals surface area contributed by atoms with Crippen LogP contribution in [-0.2, 0) is 9.59 Å². The highest BCUT2D eigenvalue weighted by atomic mass is 32.3. The maximum atomic E-state index is 13.2. The highest BCUT2D eigenvalue weighted by Gasteiger charge is 2.49. The van der Waals surface area contributed by atoms with Crippen molar-refractivity contribution in [2.75, 3.05) is 13.2 Å². The number of ether oxygens (including phenoxy) is 1. The maximum absolute atomic E-state index is 13.2. The van der Waals surface area contributed by atoms with Crippen LogP contribution in [0.3, 0.4) is 0 Å². The summed E-state index contributed by atoms with van der Waals surface area (Å²) in [5.41, 5.74) is 0.682. The summed E-state index contributed by atoms with van der Waals surface area (Å²) in [4.78, 5) is 24.5. The summed E-state index contributed by atoms with van der Waals surface area (Å²) in [5, 5.41) is 12.2. The Morgan fingerprint density at radius 3 is 2.26 bits per heavy atom. The van der Waals surface area contributed by atoms with Gasteiger partial charge in [-0.05, 0) is 51.8 Å². The van der Waals surface area contributed by atoms with E-state index in [-0.39, 0.29) is 10.6 Å². The van der Waals surface area contributed by atoms with Crippen molar-refractivity contribution >= 4 is 27.6 Å². The third-order valence-corrected chi connectivity index (χ3v) is 7.65. The standard InChI is InChI=1S/C25H32N2O6S/c1-17(24(29)30)18-11-13-20(14-12-18)33-16-8-15-26-21-22(19-9-6-5-7-10-19)34(31,32)27(23(21)28)25(2,3)4/h5-7,9-14,17,26,31-32H,8,15-16H2,1-4H3,(H,29,30). The molecular weight excluding hydrogens is 456 g/mol. The molecule has 0 spiro atoms. The van der Waals surface area contributed by atoms with Crippen LogP contribution in [0.1, 0.15) is 51.2 Å². The molecule has 4 N–H and O–H groups in total. The third-order valence-electron chi connectivity index (χ3n) is 5.44. The number of carboxylic acid groups (broad SMARTS) is 1. The minimum Gasteiger partial charge on any atom is -0.494 e. The number of nitrogens with zero attached hydrogens (tertiary/aromatic N) is 1. The summed E-state index contributed by atoms with van der Waals surface area (Å²) >= 11 is 0. The van der Waals surface area contributed by atoms with Crippen molar-refractivity contribution in [2.45, 2.75) is 45.6 Å². The molecule has 9 heteroatoms. The molecule has 2 aromatic rings. The summed E-state index contributed by atoms with van der Waals surface area (Å²) in [5.74, 6) is -1.30. The van der Waals surface area contributed by atoms with Gasteiger partial charge in [-0.15, -0.1) is 0 Å². The summed E-state index contributed by atoms with van der Waals surface area (Å²) in [6.07, 6.45) is 0.556. The number of carbonyl (C=O) groups is 2. The first-order chi connectivity index (χ1) is 15.9. The molecule has 1 amide bonds. The van der Waals surface area contributed by atoms with Crippen LogP contribution >= 0.6 is 10.8 Å². The maximum Gasteiger partial charge on any atom is 0.310 e. The molecule has 1 unspecified atom stereocenters. The molecule has 1 aliphatic rings. The fraction of sp³-hybridized carbons (Fsp3) is 0.360. The van der Waals surface area contributed by atoms with Crippen LogP contribution in [0.2, 0.25) is 0 Å². The SMILES string of the molecule is CC(C(=O)O)c1ccc(OCCCNC2=C(c3ccccc3)S(O)(O)N(C(C)(C)C)C2=O)cc1. The van der Waals surface area contributed by atoms with Crippen molar-refractivity contribution in [1.82, 2.24) is 9.62 Å². The van der Waals surface area contributed by atoms with Crippen LogP contribution in [0.5, 0.6) is 5.75 Å². The molecule has 8 nitrogen and oxygen atoms in total. The molecule has 184 valence electrons. The number of aliphatic carboxylic acids is 1. The van der Waals surface area contributed by atoms with Gasteiger partial charge in [-0.2, -0.15) is 0 Å². The number of rotatable bonds is 9. The molecule has 0 saturated heterocycles. The van der Waals surface area contributed by atoms with Crippen LogP contribution in [0, 0.1) is 0 Å². The van der Waals surface area contributed by atoms with E-state index in [0.29, 0.717) is 36.4 Å². The van der Waals surface area contributed by atoms with Crippen molar-refractivity contribution < 1.29 is 28.5 Å². The number of hydrogen-bond donors (Lipinski definition) is 4. The molecule has 0 radical (unpaired) electrons. The minimum atomic E-state index is -3.51. The predicted molar refractivity (Wildman–Crippen MR) is 133 cm³/mol. The third kappa shape index (κ3) is 5.38. The predicted octanol–water partition coefficient (Wildman–Crippen LogP) is 4.91. The Balaban J connectivity index is 1.67. The normalized spacial score (nSPS) is 17.5. The van der Waals surface area contributed by atoms with E-state index in [4.69, 9.17) is 9.84 Å². The van der Waals surface area contributed by atoms with E-state index in [9.17, 15) is 18.7 Å². The highest BCUT2D eigenvalue weighted by Crippen LogP contribution is 2.63. The van der Waals surface area contributed by atoms with Gasteiger partial charge in [0, 0.05) is 12.1 Å². The number of hydrogen-bond acceptors (Lipinski definition) is 6. The Morgan fingerprint density at radius 1 is 1.09 bits per heavy atom. The smallest absolute Gasteiger partial charge is 0.310 e. The van der Waals surface area contributed by atoms with Crippen molar-refractivity contribution in [2.24, 2.45) is 0 Å². The molecule has 2 aromatic carbocycles. The van der Waals surface area contributed by atoms with Crippen LogP contribution in [-0.4, -0.2) is 49.1 Å². The molecule has 0 saturated carbocycles.